The lowest BCUT2D eigenvalue weighted by Crippen LogP contribution is -2.38. The van der Waals surface area contributed by atoms with Crippen LogP contribution in [0.15, 0.2) is 0 Å². The SMILES string of the molecule is CSC1CCNCC1=O. The smallest absolute Gasteiger partial charge is 0.159 e. The molecule has 0 bridgehead atoms. The minimum Gasteiger partial charge on any atom is -0.310 e. The molecule has 1 atom stereocenters. The first kappa shape index (κ1) is 7.09. The molecular formula is C6H11NOS. The number of ketones is 1. The quantitative estimate of drug-likeness (QED) is 0.574. The number of carbonyl (C=O) groups excluding carboxylic acids is 1. The lowest BCUT2D eigenvalue weighted by atomic mass is 10.1. The molecule has 2 nitrogen and oxygen atoms in total. The summed E-state index contributed by atoms with van der Waals surface area (Å²) in [5.41, 5.74) is 0. The summed E-state index contributed by atoms with van der Waals surface area (Å²) in [6.45, 7) is 1.57. The van der Waals surface area contributed by atoms with Gasteiger partial charge in [-0.2, -0.15) is 11.8 Å². The maximum absolute atomic E-state index is 10.9. The Hall–Kier alpha value is -0.0200. The summed E-state index contributed by atoms with van der Waals surface area (Å²) in [4.78, 5) is 10.9. The van der Waals surface area contributed by atoms with Crippen LogP contribution in [0.2, 0.25) is 0 Å². The van der Waals surface area contributed by atoms with E-state index in [1.165, 1.54) is 0 Å². The Morgan fingerprint density at radius 1 is 1.78 bits per heavy atom. The third-order valence-corrected chi connectivity index (χ3v) is 2.59. The van der Waals surface area contributed by atoms with Crippen molar-refractivity contribution in [1.82, 2.24) is 5.32 Å². The summed E-state index contributed by atoms with van der Waals surface area (Å²) in [5.74, 6) is 0.355. The first-order valence-electron chi connectivity index (χ1n) is 3.11. The Kier molecular flexibility index (Phi) is 2.54. The van der Waals surface area contributed by atoms with Gasteiger partial charge in [0.1, 0.15) is 0 Å². The Morgan fingerprint density at radius 2 is 2.56 bits per heavy atom. The van der Waals surface area contributed by atoms with Gasteiger partial charge in [-0.05, 0) is 19.2 Å². The molecule has 1 fully saturated rings. The molecule has 0 aromatic heterocycles. The fourth-order valence-corrected chi connectivity index (χ4v) is 1.67. The van der Waals surface area contributed by atoms with Crippen molar-refractivity contribution in [2.24, 2.45) is 0 Å². The number of nitrogens with one attached hydrogen (secondary N) is 1. The Balaban J connectivity index is 2.39. The topological polar surface area (TPSA) is 29.1 Å². The molecule has 52 valence electrons. The van der Waals surface area contributed by atoms with Crippen LogP contribution in [0, 0.1) is 0 Å². The van der Waals surface area contributed by atoms with Crippen molar-refractivity contribution in [2.45, 2.75) is 11.7 Å². The van der Waals surface area contributed by atoms with Gasteiger partial charge in [-0.1, -0.05) is 0 Å². The van der Waals surface area contributed by atoms with Gasteiger partial charge in [0.15, 0.2) is 5.78 Å². The molecule has 1 unspecified atom stereocenters. The van der Waals surface area contributed by atoms with E-state index in [1.807, 2.05) is 6.26 Å². The molecule has 0 aromatic rings. The first-order valence-corrected chi connectivity index (χ1v) is 4.39. The van der Waals surface area contributed by atoms with Gasteiger partial charge in [-0.15, -0.1) is 0 Å². The van der Waals surface area contributed by atoms with Gasteiger partial charge in [-0.3, -0.25) is 4.79 Å². The zero-order valence-electron chi connectivity index (χ0n) is 5.52. The van der Waals surface area contributed by atoms with Crippen LogP contribution in [0.4, 0.5) is 0 Å². The van der Waals surface area contributed by atoms with E-state index < -0.39 is 0 Å². The summed E-state index contributed by atoms with van der Waals surface area (Å²) in [6, 6.07) is 0. The second-order valence-electron chi connectivity index (χ2n) is 2.16. The second-order valence-corrected chi connectivity index (χ2v) is 3.20. The van der Waals surface area contributed by atoms with Gasteiger partial charge >= 0.3 is 0 Å². The standard InChI is InChI=1S/C6H11NOS/c1-9-6-2-3-7-4-5(6)8/h6-7H,2-4H2,1H3. The number of rotatable bonds is 1. The fraction of sp³-hybridized carbons (Fsp3) is 0.833. The number of hydrogen-bond donors (Lipinski definition) is 1. The fourth-order valence-electron chi connectivity index (χ4n) is 0.969. The van der Waals surface area contributed by atoms with Crippen LogP contribution in [-0.4, -0.2) is 30.4 Å². The Morgan fingerprint density at radius 3 is 3.00 bits per heavy atom. The molecule has 1 aliphatic rings. The molecule has 1 N–H and O–H groups in total. The normalized spacial score (nSPS) is 28.6. The molecule has 0 radical (unpaired) electrons. The van der Waals surface area contributed by atoms with Gasteiger partial charge in [0.2, 0.25) is 0 Å². The predicted molar refractivity (Wildman–Crippen MR) is 39.8 cm³/mol. The van der Waals surface area contributed by atoms with Crippen LogP contribution in [0.25, 0.3) is 0 Å². The molecule has 0 spiro atoms. The molecule has 3 heteroatoms. The maximum Gasteiger partial charge on any atom is 0.159 e. The van der Waals surface area contributed by atoms with E-state index in [0.29, 0.717) is 12.3 Å². The highest BCUT2D eigenvalue weighted by Gasteiger charge is 2.19. The van der Waals surface area contributed by atoms with E-state index in [4.69, 9.17) is 0 Å². The second kappa shape index (κ2) is 3.22. The van der Waals surface area contributed by atoms with Crippen LogP contribution < -0.4 is 5.32 Å². The van der Waals surface area contributed by atoms with Crippen molar-refractivity contribution in [3.63, 3.8) is 0 Å². The maximum atomic E-state index is 10.9. The van der Waals surface area contributed by atoms with Crippen molar-refractivity contribution in [1.29, 1.82) is 0 Å². The molecule has 1 aliphatic heterocycles. The van der Waals surface area contributed by atoms with E-state index >= 15 is 0 Å². The lowest BCUT2D eigenvalue weighted by Gasteiger charge is -2.18. The van der Waals surface area contributed by atoms with Crippen LogP contribution in [0.1, 0.15) is 6.42 Å². The monoisotopic (exact) mass is 145 g/mol. The van der Waals surface area contributed by atoms with Gasteiger partial charge in [-0.25, -0.2) is 0 Å². The van der Waals surface area contributed by atoms with Crippen LogP contribution in [0.3, 0.4) is 0 Å². The zero-order chi connectivity index (χ0) is 6.69. The average molecular weight is 145 g/mol. The number of thioether (sulfide) groups is 1. The zero-order valence-corrected chi connectivity index (χ0v) is 6.33. The number of hydrogen-bond acceptors (Lipinski definition) is 3. The molecular weight excluding hydrogens is 134 g/mol. The third kappa shape index (κ3) is 1.69. The Bertz CT molecular complexity index is 116. The summed E-state index contributed by atoms with van der Waals surface area (Å²) < 4.78 is 0. The van der Waals surface area contributed by atoms with Crippen molar-refractivity contribution in [3.05, 3.63) is 0 Å². The van der Waals surface area contributed by atoms with Crippen molar-refractivity contribution < 1.29 is 4.79 Å². The molecule has 1 rings (SSSR count). The molecule has 1 saturated heterocycles. The number of carbonyl (C=O) groups is 1. The highest BCUT2D eigenvalue weighted by Crippen LogP contribution is 2.13. The molecule has 0 saturated carbocycles. The van der Waals surface area contributed by atoms with Gasteiger partial charge in [0.05, 0.1) is 11.8 Å². The lowest BCUT2D eigenvalue weighted by molar-refractivity contribution is -0.118. The minimum atomic E-state index is 0.270. The van der Waals surface area contributed by atoms with Gasteiger partial charge in [0.25, 0.3) is 0 Å². The highest BCUT2D eigenvalue weighted by molar-refractivity contribution is 7.99. The van der Waals surface area contributed by atoms with Crippen molar-refractivity contribution in [2.75, 3.05) is 19.3 Å². The molecule has 1 heterocycles. The van der Waals surface area contributed by atoms with Crippen LogP contribution in [0.5, 0.6) is 0 Å². The molecule has 0 amide bonds. The summed E-state index contributed by atoms with van der Waals surface area (Å²) in [5, 5.41) is 3.31. The van der Waals surface area contributed by atoms with Crippen LogP contribution in [-0.2, 0) is 4.79 Å². The van der Waals surface area contributed by atoms with E-state index in [9.17, 15) is 4.79 Å². The van der Waals surface area contributed by atoms with Crippen molar-refractivity contribution >= 4 is 17.5 Å². The number of piperidine rings is 1. The van der Waals surface area contributed by atoms with E-state index in [-0.39, 0.29) is 5.25 Å². The largest absolute Gasteiger partial charge is 0.310 e. The van der Waals surface area contributed by atoms with E-state index in [0.717, 1.165) is 13.0 Å². The van der Waals surface area contributed by atoms with Crippen LogP contribution >= 0.6 is 11.8 Å². The molecule has 9 heavy (non-hydrogen) atoms. The third-order valence-electron chi connectivity index (χ3n) is 1.53. The summed E-state index contributed by atoms with van der Waals surface area (Å²) in [6.07, 6.45) is 2.99. The van der Waals surface area contributed by atoms with Gasteiger partial charge in [0, 0.05) is 0 Å². The molecule has 0 aromatic carbocycles. The minimum absolute atomic E-state index is 0.270. The highest BCUT2D eigenvalue weighted by atomic mass is 32.2. The first-order chi connectivity index (χ1) is 4.34. The summed E-state index contributed by atoms with van der Waals surface area (Å²) >= 11 is 1.66. The molecule has 0 aliphatic carbocycles. The van der Waals surface area contributed by atoms with E-state index in [2.05, 4.69) is 5.32 Å². The van der Waals surface area contributed by atoms with E-state index in [1.54, 1.807) is 11.8 Å². The predicted octanol–water partition coefficient (Wildman–Crippen LogP) is 0.280. The van der Waals surface area contributed by atoms with Gasteiger partial charge < -0.3 is 5.32 Å². The Labute approximate surface area is 59.4 Å². The average Bonchev–Trinajstić information content (AvgIpc) is 1.89. The van der Waals surface area contributed by atoms with Crippen molar-refractivity contribution in [3.8, 4) is 0 Å². The number of Topliss-reactive ketones (excluding diaryl/α,β-unsaturated/α-hetero) is 1. The summed E-state index contributed by atoms with van der Waals surface area (Å²) in [7, 11) is 0.